The average Bonchev–Trinajstić information content (AvgIpc) is 1.62. The van der Waals surface area contributed by atoms with Gasteiger partial charge in [-0.25, -0.2) is 0 Å². The van der Waals surface area contributed by atoms with Crippen molar-refractivity contribution < 1.29 is 0 Å². The van der Waals surface area contributed by atoms with Crippen molar-refractivity contribution >= 4 is 0 Å². The molecule has 0 nitrogen and oxygen atoms in total. The van der Waals surface area contributed by atoms with Crippen LogP contribution in [0.1, 0.15) is 12.8 Å². The van der Waals surface area contributed by atoms with Gasteiger partial charge in [-0.1, -0.05) is 30.4 Å². The van der Waals surface area contributed by atoms with Gasteiger partial charge in [0.15, 0.2) is 0 Å². The fraction of sp³-hybridized carbons (Fsp3) is 0.250. The molecule has 0 fully saturated rings. The summed E-state index contributed by atoms with van der Waals surface area (Å²) >= 11 is 0. The topological polar surface area (TPSA) is 0 Å². The third-order valence-corrected chi connectivity index (χ3v) is 1.04. The van der Waals surface area contributed by atoms with Gasteiger partial charge in [-0.05, 0) is 18.9 Å². The first-order valence-corrected chi connectivity index (χ1v) is 2.89. The molecule has 0 saturated heterocycles. The molecule has 41 valence electrons. The van der Waals surface area contributed by atoms with Crippen LogP contribution in [0.2, 0.25) is 0 Å². The molecule has 1 aliphatic carbocycles. The van der Waals surface area contributed by atoms with Gasteiger partial charge in [0.1, 0.15) is 0 Å². The lowest BCUT2D eigenvalue weighted by atomic mass is 10.2. The fourth-order valence-electron chi connectivity index (χ4n) is 0.617. The molecule has 0 heteroatoms. The lowest BCUT2D eigenvalue weighted by Gasteiger charge is -1.85. The van der Waals surface area contributed by atoms with E-state index >= 15 is 0 Å². The van der Waals surface area contributed by atoms with Gasteiger partial charge in [-0.2, -0.15) is 0 Å². The third kappa shape index (κ3) is 1.78. The Morgan fingerprint density at radius 2 is 2.12 bits per heavy atom. The van der Waals surface area contributed by atoms with E-state index in [9.17, 15) is 0 Å². The molecule has 0 N–H and O–H groups in total. The number of hydrogen-bond acceptors (Lipinski definition) is 0. The van der Waals surface area contributed by atoms with E-state index in [0.29, 0.717) is 0 Å². The summed E-state index contributed by atoms with van der Waals surface area (Å²) in [5.74, 6) is 0. The maximum Gasteiger partial charge on any atom is -0.0227 e. The summed E-state index contributed by atoms with van der Waals surface area (Å²) in [5.41, 5.74) is 0. The molecule has 0 unspecified atom stereocenters. The number of hydrogen-bond donors (Lipinski definition) is 0. The first kappa shape index (κ1) is 5.36. The van der Waals surface area contributed by atoms with Crippen LogP contribution in [-0.4, -0.2) is 0 Å². The molecule has 1 radical (unpaired) electrons. The minimum atomic E-state index is 1.13. The Labute approximate surface area is 50.2 Å². The Kier molecular flexibility index (Phi) is 2.18. The van der Waals surface area contributed by atoms with Gasteiger partial charge in [0, 0.05) is 0 Å². The summed E-state index contributed by atoms with van der Waals surface area (Å²) < 4.78 is 0. The van der Waals surface area contributed by atoms with E-state index in [-0.39, 0.29) is 0 Å². The predicted octanol–water partition coefficient (Wildman–Crippen LogP) is 2.25. The molecule has 0 aromatic heterocycles. The largest absolute Gasteiger partial charge is 0.0842 e. The summed E-state index contributed by atoms with van der Waals surface area (Å²) in [6.07, 6.45) is 15.5. The molecule has 0 saturated carbocycles. The van der Waals surface area contributed by atoms with Crippen molar-refractivity contribution in [2.75, 3.05) is 0 Å². The molecule has 0 spiro atoms. The molecule has 0 bridgehead atoms. The van der Waals surface area contributed by atoms with Gasteiger partial charge in [0.05, 0.1) is 0 Å². The van der Waals surface area contributed by atoms with E-state index in [0.717, 1.165) is 12.8 Å². The van der Waals surface area contributed by atoms with E-state index in [2.05, 4.69) is 24.3 Å². The SMILES string of the molecule is [C]1=CCCC=CC=C1. The minimum Gasteiger partial charge on any atom is -0.0842 e. The van der Waals surface area contributed by atoms with Crippen LogP contribution < -0.4 is 0 Å². The zero-order chi connectivity index (χ0) is 5.66. The molecule has 0 heterocycles. The first-order valence-electron chi connectivity index (χ1n) is 2.89. The van der Waals surface area contributed by atoms with Gasteiger partial charge in [-0.15, -0.1) is 0 Å². The van der Waals surface area contributed by atoms with Gasteiger partial charge in [-0.3, -0.25) is 0 Å². The van der Waals surface area contributed by atoms with Gasteiger partial charge < -0.3 is 0 Å². The summed E-state index contributed by atoms with van der Waals surface area (Å²) in [4.78, 5) is 0. The molecule has 0 aromatic carbocycles. The van der Waals surface area contributed by atoms with Crippen LogP contribution in [0.3, 0.4) is 0 Å². The minimum absolute atomic E-state index is 1.13. The quantitative estimate of drug-likeness (QED) is 0.443. The van der Waals surface area contributed by atoms with Crippen molar-refractivity contribution in [1.82, 2.24) is 0 Å². The van der Waals surface area contributed by atoms with Crippen LogP contribution >= 0.6 is 0 Å². The molecule has 0 atom stereocenters. The second-order valence-electron chi connectivity index (χ2n) is 1.74. The standard InChI is InChI=1S/C8H9/c1-2-4-6-8-7-5-3-1/h1-4,8H,5,7H2. The predicted molar refractivity (Wildman–Crippen MR) is 35.3 cm³/mol. The highest BCUT2D eigenvalue weighted by Crippen LogP contribution is 1.95. The van der Waals surface area contributed by atoms with Crippen molar-refractivity contribution in [1.29, 1.82) is 0 Å². The first-order chi connectivity index (χ1) is 4.00. The Morgan fingerprint density at radius 3 is 3.12 bits per heavy atom. The van der Waals surface area contributed by atoms with Gasteiger partial charge in [0.25, 0.3) is 0 Å². The molecule has 1 rings (SSSR count). The Bertz CT molecular complexity index is 111. The highest BCUT2D eigenvalue weighted by molar-refractivity contribution is 5.09. The highest BCUT2D eigenvalue weighted by Gasteiger charge is 1.76. The maximum absolute atomic E-state index is 3.03. The molecule has 1 aliphatic rings. The average molecular weight is 105 g/mol. The van der Waals surface area contributed by atoms with Gasteiger partial charge in [0.2, 0.25) is 0 Å². The fourth-order valence-corrected chi connectivity index (χ4v) is 0.617. The lowest BCUT2D eigenvalue weighted by Crippen LogP contribution is -1.66. The van der Waals surface area contributed by atoms with E-state index in [1.54, 1.807) is 0 Å². The molecule has 0 aromatic rings. The smallest absolute Gasteiger partial charge is 0.0227 e. The maximum atomic E-state index is 3.03. The Hall–Kier alpha value is -0.780. The monoisotopic (exact) mass is 105 g/mol. The Balaban J connectivity index is 2.51. The van der Waals surface area contributed by atoms with Crippen molar-refractivity contribution in [2.24, 2.45) is 0 Å². The van der Waals surface area contributed by atoms with Crippen LogP contribution in [0.15, 0.2) is 30.4 Å². The molecule has 0 amide bonds. The summed E-state index contributed by atoms with van der Waals surface area (Å²) in [7, 11) is 0. The molecular weight excluding hydrogens is 96.1 g/mol. The van der Waals surface area contributed by atoms with Crippen molar-refractivity contribution in [3.63, 3.8) is 0 Å². The molecule has 0 aliphatic heterocycles. The van der Waals surface area contributed by atoms with E-state index in [4.69, 9.17) is 0 Å². The lowest BCUT2D eigenvalue weighted by molar-refractivity contribution is 1.05. The molecule has 8 heavy (non-hydrogen) atoms. The van der Waals surface area contributed by atoms with Crippen molar-refractivity contribution in [3.8, 4) is 0 Å². The van der Waals surface area contributed by atoms with Crippen molar-refractivity contribution in [3.05, 3.63) is 36.5 Å². The second kappa shape index (κ2) is 3.25. The third-order valence-electron chi connectivity index (χ3n) is 1.04. The van der Waals surface area contributed by atoms with Gasteiger partial charge >= 0.3 is 0 Å². The van der Waals surface area contributed by atoms with E-state index < -0.39 is 0 Å². The zero-order valence-electron chi connectivity index (χ0n) is 4.80. The van der Waals surface area contributed by atoms with Crippen LogP contribution in [0.25, 0.3) is 0 Å². The molecular formula is C8H9. The number of rotatable bonds is 0. The highest BCUT2D eigenvalue weighted by atomic mass is 13.8. The summed E-state index contributed by atoms with van der Waals surface area (Å²) in [5, 5.41) is 0. The van der Waals surface area contributed by atoms with Crippen LogP contribution in [0.5, 0.6) is 0 Å². The second-order valence-corrected chi connectivity index (χ2v) is 1.74. The van der Waals surface area contributed by atoms with Crippen LogP contribution in [0, 0.1) is 6.08 Å². The Morgan fingerprint density at radius 1 is 1.12 bits per heavy atom. The zero-order valence-corrected chi connectivity index (χ0v) is 4.80. The summed E-state index contributed by atoms with van der Waals surface area (Å²) in [6.45, 7) is 0. The number of allylic oxidation sites excluding steroid dienone is 6. The van der Waals surface area contributed by atoms with Crippen LogP contribution in [0.4, 0.5) is 0 Å². The van der Waals surface area contributed by atoms with Crippen LogP contribution in [-0.2, 0) is 0 Å². The van der Waals surface area contributed by atoms with Crippen molar-refractivity contribution in [2.45, 2.75) is 12.8 Å². The summed E-state index contributed by atoms with van der Waals surface area (Å²) in [6, 6.07) is 0. The van der Waals surface area contributed by atoms with E-state index in [1.807, 2.05) is 12.2 Å². The normalized spacial score (nSPS) is 18.0. The van der Waals surface area contributed by atoms with E-state index in [1.165, 1.54) is 0 Å².